The molecule has 1 fully saturated rings. The van der Waals surface area contributed by atoms with Gasteiger partial charge in [0.05, 0.1) is 31.9 Å². The number of ether oxygens (including phenoxy) is 1. The molecule has 1 aromatic heterocycles. The summed E-state index contributed by atoms with van der Waals surface area (Å²) < 4.78 is 20.2. The number of nitrogens with one attached hydrogen (secondary N) is 1. The fourth-order valence-corrected chi connectivity index (χ4v) is 3.65. The second kappa shape index (κ2) is 9.68. The first-order valence-corrected chi connectivity index (χ1v) is 10.6. The molecule has 2 amide bonds. The van der Waals surface area contributed by atoms with Crippen LogP contribution in [0.4, 0.5) is 20.7 Å². The number of aromatic nitrogens is 1. The maximum Gasteiger partial charge on any atom is 0.414 e. The van der Waals surface area contributed by atoms with E-state index >= 15 is 0 Å². The highest BCUT2D eigenvalue weighted by Gasteiger charge is 2.32. The second-order valence-corrected chi connectivity index (χ2v) is 7.75. The highest BCUT2D eigenvalue weighted by molar-refractivity contribution is 5.90. The Morgan fingerprint density at radius 1 is 1.33 bits per heavy atom. The molecule has 172 valence electrons. The average Bonchev–Trinajstić information content (AvgIpc) is 3.19. The Hall–Kier alpha value is -3.95. The number of amides is 2. The minimum absolute atomic E-state index is 0.207. The van der Waals surface area contributed by atoms with E-state index in [0.717, 1.165) is 18.9 Å². The Morgan fingerprint density at radius 2 is 2.18 bits per heavy atom. The normalized spacial score (nSPS) is 17.8. The van der Waals surface area contributed by atoms with Gasteiger partial charge in [0.2, 0.25) is 5.91 Å². The van der Waals surface area contributed by atoms with E-state index in [-0.39, 0.29) is 19.0 Å². The van der Waals surface area contributed by atoms with Crippen LogP contribution in [0.1, 0.15) is 6.92 Å². The summed E-state index contributed by atoms with van der Waals surface area (Å²) in [6, 6.07) is 8.21. The lowest BCUT2D eigenvalue weighted by molar-refractivity contribution is -0.119. The van der Waals surface area contributed by atoms with Gasteiger partial charge in [-0.15, -0.1) is 6.58 Å². The summed E-state index contributed by atoms with van der Waals surface area (Å²) in [7, 11) is 0. The van der Waals surface area contributed by atoms with Crippen LogP contribution in [0.25, 0.3) is 11.1 Å². The molecule has 0 radical (unpaired) electrons. The van der Waals surface area contributed by atoms with Gasteiger partial charge in [-0.2, -0.15) is 5.10 Å². The molecule has 10 heteroatoms. The molecule has 2 aromatic rings. The molecule has 9 nitrogen and oxygen atoms in total. The standard InChI is InChI=1S/C23H25FN6O3/c1-3-8-29-10-9-28(15-27-29)22-7-4-17(12-26-22)20-6-5-18(11-21(20)24)30-14-19(33-23(30)32)13-25-16(2)31/h3-7,11-12,15,19H,1,8-10,13-14H2,2H3,(H,25,31)/t19-/m0/s1. The monoisotopic (exact) mass is 452 g/mol. The summed E-state index contributed by atoms with van der Waals surface area (Å²) >= 11 is 0. The SMILES string of the molecule is C=CCN1CCN(c2ccc(-c3ccc(N4C[C@H](CNC(C)=O)OC4=O)cc3F)cn2)C=N1. The van der Waals surface area contributed by atoms with E-state index in [1.165, 1.54) is 17.9 Å². The zero-order valence-corrected chi connectivity index (χ0v) is 18.3. The molecular formula is C23H25FN6O3. The summed E-state index contributed by atoms with van der Waals surface area (Å²) in [6.07, 6.45) is 4.08. The van der Waals surface area contributed by atoms with Crippen molar-refractivity contribution in [1.82, 2.24) is 15.3 Å². The van der Waals surface area contributed by atoms with Crippen LogP contribution in [0.3, 0.4) is 0 Å². The number of rotatable bonds is 7. The van der Waals surface area contributed by atoms with Gasteiger partial charge in [-0.25, -0.2) is 14.2 Å². The molecule has 1 N–H and O–H groups in total. The van der Waals surface area contributed by atoms with E-state index in [1.54, 1.807) is 36.8 Å². The predicted molar refractivity (Wildman–Crippen MR) is 124 cm³/mol. The van der Waals surface area contributed by atoms with Gasteiger partial charge < -0.3 is 15.0 Å². The molecule has 0 aliphatic carbocycles. The number of pyridine rings is 1. The smallest absolute Gasteiger partial charge is 0.414 e. The highest BCUT2D eigenvalue weighted by Crippen LogP contribution is 2.29. The van der Waals surface area contributed by atoms with Crippen molar-refractivity contribution in [3.63, 3.8) is 0 Å². The Balaban J connectivity index is 1.44. The van der Waals surface area contributed by atoms with E-state index in [2.05, 4.69) is 22.0 Å². The van der Waals surface area contributed by atoms with Crippen molar-refractivity contribution in [2.75, 3.05) is 42.5 Å². The molecule has 1 saturated heterocycles. The van der Waals surface area contributed by atoms with Gasteiger partial charge in [0.15, 0.2) is 0 Å². The molecule has 0 spiro atoms. The van der Waals surface area contributed by atoms with Crippen molar-refractivity contribution in [2.45, 2.75) is 13.0 Å². The first-order chi connectivity index (χ1) is 15.9. The largest absolute Gasteiger partial charge is 0.442 e. The van der Waals surface area contributed by atoms with Crippen molar-refractivity contribution in [3.8, 4) is 11.1 Å². The topological polar surface area (TPSA) is 90.4 Å². The Morgan fingerprint density at radius 3 is 2.82 bits per heavy atom. The molecule has 0 bridgehead atoms. The maximum absolute atomic E-state index is 14.9. The number of hydrazone groups is 1. The molecule has 2 aliphatic heterocycles. The molecule has 0 unspecified atom stereocenters. The van der Waals surface area contributed by atoms with Crippen LogP contribution in [-0.4, -0.2) is 67.2 Å². The molecule has 3 heterocycles. The zero-order valence-electron chi connectivity index (χ0n) is 18.3. The molecule has 2 aliphatic rings. The van der Waals surface area contributed by atoms with Gasteiger partial charge in [0.25, 0.3) is 0 Å². The molecule has 33 heavy (non-hydrogen) atoms. The van der Waals surface area contributed by atoms with E-state index in [4.69, 9.17) is 4.74 Å². The van der Waals surface area contributed by atoms with Crippen molar-refractivity contribution in [1.29, 1.82) is 0 Å². The summed E-state index contributed by atoms with van der Waals surface area (Å²) in [4.78, 5) is 31.0. The third kappa shape index (κ3) is 5.11. The fraction of sp³-hybridized carbons (Fsp3) is 0.304. The van der Waals surface area contributed by atoms with Gasteiger partial charge >= 0.3 is 6.09 Å². The van der Waals surface area contributed by atoms with Crippen LogP contribution < -0.4 is 15.1 Å². The van der Waals surface area contributed by atoms with E-state index < -0.39 is 18.0 Å². The Bertz CT molecular complexity index is 1070. The van der Waals surface area contributed by atoms with Crippen LogP contribution >= 0.6 is 0 Å². The number of halogens is 1. The van der Waals surface area contributed by atoms with Crippen LogP contribution in [0, 0.1) is 5.82 Å². The minimum atomic E-state index is -0.571. The van der Waals surface area contributed by atoms with Crippen LogP contribution in [0.2, 0.25) is 0 Å². The zero-order chi connectivity index (χ0) is 23.4. The van der Waals surface area contributed by atoms with Crippen LogP contribution in [0.15, 0.2) is 54.3 Å². The number of carbonyl (C=O) groups is 2. The van der Waals surface area contributed by atoms with Crippen molar-refractivity contribution in [2.24, 2.45) is 5.10 Å². The van der Waals surface area contributed by atoms with Crippen molar-refractivity contribution in [3.05, 3.63) is 55.0 Å². The lowest BCUT2D eigenvalue weighted by Crippen LogP contribution is -2.38. The van der Waals surface area contributed by atoms with Gasteiger partial charge in [-0.05, 0) is 30.3 Å². The van der Waals surface area contributed by atoms with Gasteiger partial charge in [-0.1, -0.05) is 6.08 Å². The van der Waals surface area contributed by atoms with Crippen molar-refractivity contribution < 1.29 is 18.7 Å². The molecule has 1 atom stereocenters. The second-order valence-electron chi connectivity index (χ2n) is 7.75. The Kier molecular flexibility index (Phi) is 6.53. The van der Waals surface area contributed by atoms with Gasteiger partial charge in [0, 0.05) is 30.8 Å². The summed E-state index contributed by atoms with van der Waals surface area (Å²) in [5.74, 6) is 0.0457. The first-order valence-electron chi connectivity index (χ1n) is 10.6. The third-order valence-electron chi connectivity index (χ3n) is 5.36. The number of nitrogens with zero attached hydrogens (tertiary/aromatic N) is 5. The van der Waals surface area contributed by atoms with Crippen LogP contribution in [0.5, 0.6) is 0 Å². The van der Waals surface area contributed by atoms with E-state index in [1.807, 2.05) is 16.0 Å². The maximum atomic E-state index is 14.9. The molecule has 1 aromatic carbocycles. The molecule has 0 saturated carbocycles. The predicted octanol–water partition coefficient (Wildman–Crippen LogP) is 2.60. The lowest BCUT2D eigenvalue weighted by atomic mass is 10.1. The summed E-state index contributed by atoms with van der Waals surface area (Å²) in [5.41, 5.74) is 1.40. The van der Waals surface area contributed by atoms with Crippen LogP contribution in [-0.2, 0) is 9.53 Å². The third-order valence-corrected chi connectivity index (χ3v) is 5.36. The first kappa shape index (κ1) is 22.3. The van der Waals surface area contributed by atoms with E-state index in [9.17, 15) is 14.0 Å². The van der Waals surface area contributed by atoms with E-state index in [0.29, 0.717) is 23.4 Å². The fourth-order valence-electron chi connectivity index (χ4n) is 3.65. The number of anilines is 2. The number of benzene rings is 1. The number of hydrogen-bond donors (Lipinski definition) is 1. The number of carbonyl (C=O) groups excluding carboxylic acids is 2. The minimum Gasteiger partial charge on any atom is -0.442 e. The molecule has 4 rings (SSSR count). The van der Waals surface area contributed by atoms with Gasteiger partial charge in [-0.3, -0.25) is 14.7 Å². The summed E-state index contributed by atoms with van der Waals surface area (Å²) in [5, 5.41) is 8.88. The highest BCUT2D eigenvalue weighted by atomic mass is 19.1. The Labute approximate surface area is 191 Å². The van der Waals surface area contributed by atoms with Gasteiger partial charge in [0.1, 0.15) is 24.1 Å². The quantitative estimate of drug-likeness (QED) is 0.650. The van der Waals surface area contributed by atoms with Crippen molar-refractivity contribution >= 4 is 29.8 Å². The number of cyclic esters (lactones) is 1. The average molecular weight is 452 g/mol. The number of hydrogen-bond acceptors (Lipinski definition) is 7. The lowest BCUT2D eigenvalue weighted by Gasteiger charge is -2.28. The summed E-state index contributed by atoms with van der Waals surface area (Å²) in [6.45, 7) is 7.74. The molecular weight excluding hydrogens is 427 g/mol.